The van der Waals surface area contributed by atoms with Gasteiger partial charge in [0.1, 0.15) is 12.4 Å². The molecule has 0 radical (unpaired) electrons. The van der Waals surface area contributed by atoms with Gasteiger partial charge in [-0.15, -0.1) is 0 Å². The van der Waals surface area contributed by atoms with Crippen LogP contribution in [0.5, 0.6) is 5.75 Å². The number of hydrogen-bond acceptors (Lipinski definition) is 3. The van der Waals surface area contributed by atoms with Crippen molar-refractivity contribution >= 4 is 21.9 Å². The van der Waals surface area contributed by atoms with E-state index in [0.29, 0.717) is 13.2 Å². The van der Waals surface area contributed by atoms with Crippen LogP contribution in [0.2, 0.25) is 0 Å². The van der Waals surface area contributed by atoms with Crippen LogP contribution in [0.25, 0.3) is 0 Å². The minimum absolute atomic E-state index is 0.150. The van der Waals surface area contributed by atoms with Crippen molar-refractivity contribution < 1.29 is 14.3 Å². The maximum Gasteiger partial charge on any atom is 0.306 e. The zero-order valence-corrected chi connectivity index (χ0v) is 17.4. The van der Waals surface area contributed by atoms with Gasteiger partial charge in [-0.3, -0.25) is 4.79 Å². The lowest BCUT2D eigenvalue weighted by atomic mass is 9.88. The molecule has 0 saturated carbocycles. The average Bonchev–Trinajstić information content (AvgIpc) is 2.73. The zero-order chi connectivity index (χ0) is 19.8. The highest BCUT2D eigenvalue weighted by Gasteiger charge is 2.23. The van der Waals surface area contributed by atoms with Gasteiger partial charge in [0.05, 0.1) is 13.0 Å². The van der Waals surface area contributed by atoms with Gasteiger partial charge in [-0.05, 0) is 36.2 Å². The van der Waals surface area contributed by atoms with Crippen LogP contribution >= 0.6 is 15.9 Å². The summed E-state index contributed by atoms with van der Waals surface area (Å²) >= 11 is 3.56. The van der Waals surface area contributed by atoms with Crippen molar-refractivity contribution in [2.24, 2.45) is 0 Å². The molecular formula is C24H23BrO3. The molecule has 28 heavy (non-hydrogen) atoms. The number of carbonyl (C=O) groups excluding carboxylic acids is 1. The predicted octanol–water partition coefficient (Wildman–Crippen LogP) is 6.11. The summed E-state index contributed by atoms with van der Waals surface area (Å²) in [5.41, 5.74) is 3.11. The quantitative estimate of drug-likeness (QED) is 0.397. The van der Waals surface area contributed by atoms with Crippen LogP contribution in [-0.2, 0) is 16.1 Å². The van der Waals surface area contributed by atoms with Gasteiger partial charge in [0, 0.05) is 16.0 Å². The molecule has 0 spiro atoms. The van der Waals surface area contributed by atoms with Gasteiger partial charge in [-0.1, -0.05) is 76.6 Å². The zero-order valence-electron chi connectivity index (χ0n) is 15.8. The molecule has 0 fully saturated rings. The van der Waals surface area contributed by atoms with Gasteiger partial charge in [0.2, 0.25) is 0 Å². The summed E-state index contributed by atoms with van der Waals surface area (Å²) in [6.45, 7) is 2.66. The van der Waals surface area contributed by atoms with E-state index in [0.717, 1.165) is 26.9 Å². The number of ether oxygens (including phenoxy) is 2. The Hall–Kier alpha value is -2.59. The molecule has 0 aliphatic rings. The Labute approximate surface area is 174 Å². The number of rotatable bonds is 8. The largest absolute Gasteiger partial charge is 0.489 e. The number of carbonyl (C=O) groups is 1. The predicted molar refractivity (Wildman–Crippen MR) is 114 cm³/mol. The summed E-state index contributed by atoms with van der Waals surface area (Å²) in [5, 5.41) is 0. The number of benzene rings is 3. The van der Waals surface area contributed by atoms with E-state index < -0.39 is 0 Å². The van der Waals surface area contributed by atoms with Crippen LogP contribution in [0, 0.1) is 0 Å². The Morgan fingerprint density at radius 3 is 2.32 bits per heavy atom. The first-order valence-corrected chi connectivity index (χ1v) is 10.1. The Morgan fingerprint density at radius 1 is 0.964 bits per heavy atom. The van der Waals surface area contributed by atoms with Gasteiger partial charge in [-0.2, -0.15) is 0 Å². The van der Waals surface area contributed by atoms with E-state index >= 15 is 0 Å². The Morgan fingerprint density at radius 2 is 1.64 bits per heavy atom. The molecule has 0 heterocycles. The van der Waals surface area contributed by atoms with Crippen molar-refractivity contribution in [3.05, 3.63) is 100 Å². The van der Waals surface area contributed by atoms with Crippen molar-refractivity contribution in [2.45, 2.75) is 25.9 Å². The molecule has 3 aromatic rings. The fourth-order valence-corrected chi connectivity index (χ4v) is 3.52. The van der Waals surface area contributed by atoms with E-state index in [4.69, 9.17) is 9.47 Å². The van der Waals surface area contributed by atoms with E-state index in [1.165, 1.54) is 0 Å². The van der Waals surface area contributed by atoms with Gasteiger partial charge in [-0.25, -0.2) is 0 Å². The number of hydrogen-bond donors (Lipinski definition) is 0. The smallest absolute Gasteiger partial charge is 0.306 e. The summed E-state index contributed by atoms with van der Waals surface area (Å²) in [7, 11) is 0. The maximum atomic E-state index is 12.3. The fraction of sp³-hybridized carbons (Fsp3) is 0.208. The summed E-state index contributed by atoms with van der Waals surface area (Å²) in [6, 6.07) is 26.0. The lowest BCUT2D eigenvalue weighted by Gasteiger charge is -2.21. The highest BCUT2D eigenvalue weighted by atomic mass is 79.9. The normalized spacial score (nSPS) is 11.6. The SMILES string of the molecule is CCOC(=O)CC(c1ccccc1)c1cc(Br)ccc1OCc1ccccc1. The molecule has 3 rings (SSSR count). The molecule has 0 N–H and O–H groups in total. The Kier molecular flexibility index (Phi) is 7.26. The van der Waals surface area contributed by atoms with Crippen molar-refractivity contribution in [2.75, 3.05) is 6.61 Å². The van der Waals surface area contributed by atoms with Crippen LogP contribution in [0.4, 0.5) is 0 Å². The molecule has 0 aromatic heterocycles. The molecule has 0 aliphatic carbocycles. The third-order valence-corrected chi connectivity index (χ3v) is 4.96. The second-order valence-electron chi connectivity index (χ2n) is 6.43. The first kappa shape index (κ1) is 20.2. The first-order valence-electron chi connectivity index (χ1n) is 9.34. The van der Waals surface area contributed by atoms with E-state index in [-0.39, 0.29) is 18.3 Å². The van der Waals surface area contributed by atoms with Gasteiger partial charge in [0.25, 0.3) is 0 Å². The maximum absolute atomic E-state index is 12.3. The van der Waals surface area contributed by atoms with E-state index in [1.54, 1.807) is 0 Å². The van der Waals surface area contributed by atoms with Gasteiger partial charge < -0.3 is 9.47 Å². The van der Waals surface area contributed by atoms with Crippen LogP contribution < -0.4 is 4.74 Å². The lowest BCUT2D eigenvalue weighted by Crippen LogP contribution is -2.13. The average molecular weight is 439 g/mol. The molecule has 3 aromatic carbocycles. The summed E-state index contributed by atoms with van der Waals surface area (Å²) < 4.78 is 12.3. The third kappa shape index (κ3) is 5.46. The van der Waals surface area contributed by atoms with E-state index in [2.05, 4.69) is 15.9 Å². The third-order valence-electron chi connectivity index (χ3n) is 4.46. The second kappa shape index (κ2) is 10.1. The van der Waals surface area contributed by atoms with E-state index in [1.807, 2.05) is 85.8 Å². The molecule has 0 bridgehead atoms. The summed E-state index contributed by atoms with van der Waals surface area (Å²) in [6.07, 6.45) is 0.260. The highest BCUT2D eigenvalue weighted by Crippen LogP contribution is 2.37. The number of esters is 1. The molecule has 4 heteroatoms. The topological polar surface area (TPSA) is 35.5 Å². The lowest BCUT2D eigenvalue weighted by molar-refractivity contribution is -0.143. The molecule has 0 saturated heterocycles. The highest BCUT2D eigenvalue weighted by molar-refractivity contribution is 9.10. The monoisotopic (exact) mass is 438 g/mol. The summed E-state index contributed by atoms with van der Waals surface area (Å²) in [5.74, 6) is 0.402. The fourth-order valence-electron chi connectivity index (χ4n) is 3.14. The molecule has 1 unspecified atom stereocenters. The molecular weight excluding hydrogens is 416 g/mol. The Bertz CT molecular complexity index is 894. The minimum Gasteiger partial charge on any atom is -0.489 e. The van der Waals surface area contributed by atoms with Crippen molar-refractivity contribution in [3.8, 4) is 5.75 Å². The molecule has 144 valence electrons. The van der Waals surface area contributed by atoms with E-state index in [9.17, 15) is 4.79 Å². The second-order valence-corrected chi connectivity index (χ2v) is 7.34. The van der Waals surface area contributed by atoms with Crippen LogP contribution in [0.15, 0.2) is 83.3 Å². The first-order chi connectivity index (χ1) is 13.7. The van der Waals surface area contributed by atoms with Crippen LogP contribution in [-0.4, -0.2) is 12.6 Å². The van der Waals surface area contributed by atoms with Gasteiger partial charge >= 0.3 is 5.97 Å². The van der Waals surface area contributed by atoms with Crippen LogP contribution in [0.3, 0.4) is 0 Å². The molecule has 0 amide bonds. The molecule has 0 aliphatic heterocycles. The van der Waals surface area contributed by atoms with Crippen molar-refractivity contribution in [1.29, 1.82) is 0 Å². The Balaban J connectivity index is 1.93. The summed E-state index contributed by atoms with van der Waals surface area (Å²) in [4.78, 5) is 12.3. The van der Waals surface area contributed by atoms with Crippen LogP contribution in [0.1, 0.15) is 36.0 Å². The molecule has 1 atom stereocenters. The van der Waals surface area contributed by atoms with Gasteiger partial charge in [0.15, 0.2) is 0 Å². The minimum atomic E-state index is -0.217. The molecule has 3 nitrogen and oxygen atoms in total. The van der Waals surface area contributed by atoms with Crippen molar-refractivity contribution in [1.82, 2.24) is 0 Å². The standard InChI is InChI=1S/C24H23BrO3/c1-2-27-24(26)16-21(19-11-7-4-8-12-19)22-15-20(25)13-14-23(22)28-17-18-9-5-3-6-10-18/h3-15,21H,2,16-17H2,1H3. The number of halogens is 1. The van der Waals surface area contributed by atoms with Crippen molar-refractivity contribution in [3.63, 3.8) is 0 Å².